The van der Waals surface area contributed by atoms with Crippen LogP contribution in [0.5, 0.6) is 0 Å². The molecule has 1 rings (SSSR count). The van der Waals surface area contributed by atoms with Crippen molar-refractivity contribution < 1.29 is 8.42 Å². The van der Waals surface area contributed by atoms with Crippen LogP contribution < -0.4 is 10.0 Å². The smallest absolute Gasteiger partial charge is 0.212 e. The summed E-state index contributed by atoms with van der Waals surface area (Å²) in [5, 5.41) is 4.08. The van der Waals surface area contributed by atoms with Gasteiger partial charge < -0.3 is 5.32 Å². The van der Waals surface area contributed by atoms with E-state index in [1.54, 1.807) is 25.1 Å². The van der Waals surface area contributed by atoms with E-state index in [9.17, 15) is 8.42 Å². The molecule has 20 heavy (non-hydrogen) atoms. The fourth-order valence-corrected chi connectivity index (χ4v) is 3.69. The minimum Gasteiger partial charge on any atom is -0.317 e. The molecule has 0 saturated heterocycles. The van der Waals surface area contributed by atoms with E-state index in [1.165, 1.54) is 0 Å². The van der Waals surface area contributed by atoms with Crippen molar-refractivity contribution in [1.29, 1.82) is 0 Å². The molecule has 0 fully saturated rings. The predicted molar refractivity (Wildman–Crippen MR) is 85.0 cm³/mol. The fraction of sp³-hybridized carbons (Fsp3) is 0.538. The highest BCUT2D eigenvalue weighted by molar-refractivity contribution is 7.89. The molecule has 0 aromatic heterocycles. The van der Waals surface area contributed by atoms with Gasteiger partial charge in [0.15, 0.2) is 0 Å². The first-order chi connectivity index (χ1) is 9.35. The van der Waals surface area contributed by atoms with Gasteiger partial charge in [-0.25, -0.2) is 13.1 Å². The van der Waals surface area contributed by atoms with Crippen molar-refractivity contribution in [1.82, 2.24) is 10.0 Å². The molecule has 7 heteroatoms. The summed E-state index contributed by atoms with van der Waals surface area (Å²) in [4.78, 5) is 0. The summed E-state index contributed by atoms with van der Waals surface area (Å²) >= 11 is 11.9. The highest BCUT2D eigenvalue weighted by Gasteiger charge is 2.17. The van der Waals surface area contributed by atoms with Crippen LogP contribution in [-0.4, -0.2) is 27.3 Å². The Bertz CT molecular complexity index is 535. The van der Waals surface area contributed by atoms with Crippen LogP contribution in [0.1, 0.15) is 31.9 Å². The van der Waals surface area contributed by atoms with Gasteiger partial charge in [-0.1, -0.05) is 36.2 Å². The highest BCUT2D eigenvalue weighted by Crippen LogP contribution is 2.26. The SMILES string of the molecule is CCNCCCS(=O)(=O)NC(C)c1ccc(Cl)cc1Cl. The average Bonchev–Trinajstić information content (AvgIpc) is 2.34. The van der Waals surface area contributed by atoms with E-state index in [0.29, 0.717) is 28.6 Å². The fourth-order valence-electron chi connectivity index (χ4n) is 1.81. The zero-order chi connectivity index (χ0) is 15.2. The third-order valence-corrected chi connectivity index (χ3v) is 4.90. The van der Waals surface area contributed by atoms with Gasteiger partial charge >= 0.3 is 0 Å². The van der Waals surface area contributed by atoms with E-state index >= 15 is 0 Å². The topological polar surface area (TPSA) is 58.2 Å². The maximum Gasteiger partial charge on any atom is 0.212 e. The summed E-state index contributed by atoms with van der Waals surface area (Å²) < 4.78 is 26.5. The Kier molecular flexibility index (Phi) is 7.26. The first kappa shape index (κ1) is 17.7. The highest BCUT2D eigenvalue weighted by atomic mass is 35.5. The second kappa shape index (κ2) is 8.20. The molecule has 2 N–H and O–H groups in total. The lowest BCUT2D eigenvalue weighted by Gasteiger charge is -2.16. The zero-order valence-corrected chi connectivity index (χ0v) is 13.9. The number of benzene rings is 1. The molecule has 0 aliphatic carbocycles. The van der Waals surface area contributed by atoms with E-state index in [-0.39, 0.29) is 11.8 Å². The number of nitrogens with one attached hydrogen (secondary N) is 2. The molecule has 4 nitrogen and oxygen atoms in total. The van der Waals surface area contributed by atoms with Gasteiger partial charge in [-0.05, 0) is 44.1 Å². The van der Waals surface area contributed by atoms with Crippen molar-refractivity contribution in [3.8, 4) is 0 Å². The Balaban J connectivity index is 2.62. The van der Waals surface area contributed by atoms with E-state index < -0.39 is 10.0 Å². The summed E-state index contributed by atoms with van der Waals surface area (Å²) in [7, 11) is -3.32. The molecule has 114 valence electrons. The van der Waals surface area contributed by atoms with E-state index in [1.807, 2.05) is 6.92 Å². The van der Waals surface area contributed by atoms with Gasteiger partial charge in [-0.3, -0.25) is 0 Å². The molecule has 1 aromatic carbocycles. The average molecular weight is 339 g/mol. The minimum absolute atomic E-state index is 0.0928. The van der Waals surface area contributed by atoms with Crippen LogP contribution in [0.3, 0.4) is 0 Å². The van der Waals surface area contributed by atoms with Crippen molar-refractivity contribution in [2.75, 3.05) is 18.8 Å². The summed E-state index contributed by atoms with van der Waals surface area (Å²) in [6, 6.07) is 4.65. The Morgan fingerprint density at radius 1 is 1.30 bits per heavy atom. The quantitative estimate of drug-likeness (QED) is 0.716. The summed E-state index contributed by atoms with van der Waals surface area (Å²) in [6.07, 6.45) is 0.574. The molecule has 0 saturated carbocycles. The largest absolute Gasteiger partial charge is 0.317 e. The van der Waals surface area contributed by atoms with Crippen LogP contribution in [0, 0.1) is 0 Å². The third-order valence-electron chi connectivity index (χ3n) is 2.80. The van der Waals surface area contributed by atoms with Crippen LogP contribution in [0.2, 0.25) is 10.0 Å². The van der Waals surface area contributed by atoms with Gasteiger partial charge in [0.05, 0.1) is 5.75 Å². The predicted octanol–water partition coefficient (Wildman–Crippen LogP) is 2.97. The number of hydrogen-bond acceptors (Lipinski definition) is 3. The molecule has 0 amide bonds. The van der Waals surface area contributed by atoms with Gasteiger partial charge in [0.25, 0.3) is 0 Å². The molecule has 1 atom stereocenters. The molecular weight excluding hydrogens is 319 g/mol. The molecule has 1 aromatic rings. The lowest BCUT2D eigenvalue weighted by molar-refractivity contribution is 0.562. The number of sulfonamides is 1. The second-order valence-corrected chi connectivity index (χ2v) is 7.25. The minimum atomic E-state index is -3.32. The van der Waals surface area contributed by atoms with Crippen LogP contribution in [0.4, 0.5) is 0 Å². The van der Waals surface area contributed by atoms with Crippen LogP contribution >= 0.6 is 23.2 Å². The lowest BCUT2D eigenvalue weighted by Crippen LogP contribution is -2.30. The Morgan fingerprint density at radius 2 is 2.00 bits per heavy atom. The summed E-state index contributed by atoms with van der Waals surface area (Å²) in [5.41, 5.74) is 0.714. The lowest BCUT2D eigenvalue weighted by atomic mass is 10.1. The molecule has 0 bridgehead atoms. The molecule has 0 aliphatic rings. The number of rotatable bonds is 8. The molecule has 0 heterocycles. The van der Waals surface area contributed by atoms with Gasteiger partial charge in [-0.15, -0.1) is 0 Å². The monoisotopic (exact) mass is 338 g/mol. The van der Waals surface area contributed by atoms with Gasteiger partial charge in [0.2, 0.25) is 10.0 Å². The van der Waals surface area contributed by atoms with Crippen molar-refractivity contribution in [2.45, 2.75) is 26.3 Å². The Hall–Kier alpha value is -0.330. The number of halogens is 2. The molecule has 1 unspecified atom stereocenters. The first-order valence-electron chi connectivity index (χ1n) is 6.51. The maximum absolute atomic E-state index is 11.9. The molecule has 0 aliphatic heterocycles. The van der Waals surface area contributed by atoms with Gasteiger partial charge in [0.1, 0.15) is 0 Å². The van der Waals surface area contributed by atoms with Gasteiger partial charge in [0, 0.05) is 16.1 Å². The standard InChI is InChI=1S/C13H20Cl2N2O2S/c1-3-16-7-4-8-20(18,19)17-10(2)12-6-5-11(14)9-13(12)15/h5-6,9-10,16-17H,3-4,7-8H2,1-2H3. The maximum atomic E-state index is 11.9. The van der Waals surface area contributed by atoms with Gasteiger partial charge in [-0.2, -0.15) is 0 Å². The molecular formula is C13H20Cl2N2O2S. The Morgan fingerprint density at radius 3 is 2.60 bits per heavy atom. The second-order valence-electron chi connectivity index (χ2n) is 4.53. The van der Waals surface area contributed by atoms with E-state index in [2.05, 4.69) is 10.0 Å². The normalized spacial score (nSPS) is 13.4. The summed E-state index contributed by atoms with van der Waals surface area (Å²) in [6.45, 7) is 5.27. The number of hydrogen-bond donors (Lipinski definition) is 2. The first-order valence-corrected chi connectivity index (χ1v) is 8.92. The van der Waals surface area contributed by atoms with Crippen LogP contribution in [-0.2, 0) is 10.0 Å². The summed E-state index contributed by atoms with van der Waals surface area (Å²) in [5.74, 6) is 0.0928. The Labute approximate surface area is 130 Å². The van der Waals surface area contributed by atoms with E-state index in [0.717, 1.165) is 6.54 Å². The van der Waals surface area contributed by atoms with Crippen molar-refractivity contribution >= 4 is 33.2 Å². The van der Waals surface area contributed by atoms with Crippen molar-refractivity contribution in [2.24, 2.45) is 0 Å². The molecule has 0 radical (unpaired) electrons. The van der Waals surface area contributed by atoms with Crippen molar-refractivity contribution in [3.05, 3.63) is 33.8 Å². The van der Waals surface area contributed by atoms with Crippen LogP contribution in [0.15, 0.2) is 18.2 Å². The van der Waals surface area contributed by atoms with Crippen LogP contribution in [0.25, 0.3) is 0 Å². The zero-order valence-electron chi connectivity index (χ0n) is 11.6. The van der Waals surface area contributed by atoms with Crippen molar-refractivity contribution in [3.63, 3.8) is 0 Å². The molecule has 0 spiro atoms. The third kappa shape index (κ3) is 5.97. The van der Waals surface area contributed by atoms with E-state index in [4.69, 9.17) is 23.2 Å².